The fraction of sp³-hybridized carbons (Fsp3) is 0.217. The van der Waals surface area contributed by atoms with Crippen molar-refractivity contribution in [3.63, 3.8) is 0 Å². The van der Waals surface area contributed by atoms with Crippen molar-refractivity contribution in [2.45, 2.75) is 25.7 Å². The number of aliphatic imine (C=N–C) groups is 1. The molecule has 0 atom stereocenters. The highest BCUT2D eigenvalue weighted by atomic mass is 35.5. The van der Waals surface area contributed by atoms with Gasteiger partial charge in [0, 0.05) is 11.1 Å². The van der Waals surface area contributed by atoms with Crippen molar-refractivity contribution in [3.05, 3.63) is 75.1 Å². The van der Waals surface area contributed by atoms with Crippen LogP contribution in [-0.4, -0.2) is 19.2 Å². The van der Waals surface area contributed by atoms with E-state index in [4.69, 9.17) is 16.3 Å². The molecule has 0 unspecified atom stereocenters. The standard InChI is InChI=1S/C23H21ClN2O2S/c1-28-16-12-10-15(11-13-16)14-25-23-21(17-6-2-5-9-20(17)29-23)22(27)26-19-8-4-3-7-18(19)24/h3-4,7-8,10-14H,2,5-6,9H2,1H3,(H,26,27)/b25-14+. The molecule has 148 valence electrons. The van der Waals surface area contributed by atoms with Crippen molar-refractivity contribution in [3.8, 4) is 5.75 Å². The second-order valence-electron chi connectivity index (χ2n) is 6.86. The lowest BCUT2D eigenvalue weighted by molar-refractivity contribution is 0.102. The highest BCUT2D eigenvalue weighted by molar-refractivity contribution is 7.16. The third-order valence-electron chi connectivity index (χ3n) is 4.95. The Morgan fingerprint density at radius 3 is 2.66 bits per heavy atom. The van der Waals surface area contributed by atoms with Gasteiger partial charge in [0.05, 0.1) is 23.4 Å². The molecular formula is C23H21ClN2O2S. The van der Waals surface area contributed by atoms with E-state index in [9.17, 15) is 4.79 Å². The lowest BCUT2D eigenvalue weighted by atomic mass is 9.95. The summed E-state index contributed by atoms with van der Waals surface area (Å²) < 4.78 is 5.20. The Bertz CT molecular complexity index is 1060. The Morgan fingerprint density at radius 2 is 1.90 bits per heavy atom. The molecule has 1 aromatic heterocycles. The maximum Gasteiger partial charge on any atom is 0.259 e. The van der Waals surface area contributed by atoms with Gasteiger partial charge in [-0.2, -0.15) is 0 Å². The van der Waals surface area contributed by atoms with Crippen LogP contribution >= 0.6 is 22.9 Å². The van der Waals surface area contributed by atoms with Crippen molar-refractivity contribution in [1.82, 2.24) is 0 Å². The smallest absolute Gasteiger partial charge is 0.259 e. The number of fused-ring (bicyclic) bond motifs is 1. The molecule has 2 aromatic carbocycles. The minimum absolute atomic E-state index is 0.153. The lowest BCUT2D eigenvalue weighted by Crippen LogP contribution is -2.15. The van der Waals surface area contributed by atoms with Crippen LogP contribution in [-0.2, 0) is 12.8 Å². The summed E-state index contributed by atoms with van der Waals surface area (Å²) in [6.07, 6.45) is 5.96. The molecule has 0 radical (unpaired) electrons. The normalized spacial score (nSPS) is 13.3. The highest BCUT2D eigenvalue weighted by Gasteiger charge is 2.25. The summed E-state index contributed by atoms with van der Waals surface area (Å²) in [6.45, 7) is 0. The summed E-state index contributed by atoms with van der Waals surface area (Å²) in [5, 5.41) is 4.23. The second kappa shape index (κ2) is 8.80. The molecule has 1 heterocycles. The van der Waals surface area contributed by atoms with Gasteiger partial charge in [-0.15, -0.1) is 11.3 Å². The van der Waals surface area contributed by atoms with Gasteiger partial charge in [-0.05, 0) is 73.2 Å². The SMILES string of the molecule is COc1ccc(/C=N/c2sc3c(c2C(=O)Nc2ccccc2Cl)CCCC3)cc1. The zero-order valence-corrected chi connectivity index (χ0v) is 17.6. The van der Waals surface area contributed by atoms with Crippen LogP contribution in [0.1, 0.15) is 39.2 Å². The number of aryl methyl sites for hydroxylation is 1. The van der Waals surface area contributed by atoms with Crippen LogP contribution in [0.15, 0.2) is 53.5 Å². The van der Waals surface area contributed by atoms with Gasteiger partial charge in [-0.3, -0.25) is 4.79 Å². The molecule has 1 amide bonds. The van der Waals surface area contributed by atoms with Crippen molar-refractivity contribution < 1.29 is 9.53 Å². The predicted octanol–water partition coefficient (Wildman–Crippen LogP) is 6.29. The van der Waals surface area contributed by atoms with Crippen molar-refractivity contribution in [1.29, 1.82) is 0 Å². The number of rotatable bonds is 5. The lowest BCUT2D eigenvalue weighted by Gasteiger charge is -2.13. The van der Waals surface area contributed by atoms with Gasteiger partial charge in [0.2, 0.25) is 0 Å². The summed E-state index contributed by atoms with van der Waals surface area (Å²) in [5.41, 5.74) is 3.37. The average molecular weight is 425 g/mol. The Labute approximate surface area is 179 Å². The number of amides is 1. The number of carbonyl (C=O) groups is 1. The summed E-state index contributed by atoms with van der Waals surface area (Å²) in [7, 11) is 1.64. The molecule has 0 aliphatic heterocycles. The van der Waals surface area contributed by atoms with Gasteiger partial charge in [-0.1, -0.05) is 23.7 Å². The number of benzene rings is 2. The number of hydrogen-bond acceptors (Lipinski definition) is 4. The molecular weight excluding hydrogens is 404 g/mol. The first-order valence-electron chi connectivity index (χ1n) is 9.54. The molecule has 29 heavy (non-hydrogen) atoms. The molecule has 0 bridgehead atoms. The second-order valence-corrected chi connectivity index (χ2v) is 8.35. The van der Waals surface area contributed by atoms with Gasteiger partial charge < -0.3 is 10.1 Å². The van der Waals surface area contributed by atoms with Crippen LogP contribution < -0.4 is 10.1 Å². The van der Waals surface area contributed by atoms with Gasteiger partial charge >= 0.3 is 0 Å². The van der Waals surface area contributed by atoms with E-state index in [-0.39, 0.29) is 5.91 Å². The molecule has 1 N–H and O–H groups in total. The maximum absolute atomic E-state index is 13.2. The Balaban J connectivity index is 1.66. The van der Waals surface area contributed by atoms with Gasteiger partial charge in [0.1, 0.15) is 10.8 Å². The van der Waals surface area contributed by atoms with Crippen LogP contribution in [0.3, 0.4) is 0 Å². The number of methoxy groups -OCH3 is 1. The minimum Gasteiger partial charge on any atom is -0.497 e. The number of nitrogens with one attached hydrogen (secondary N) is 1. The fourth-order valence-corrected chi connectivity index (χ4v) is 4.86. The third-order valence-corrected chi connectivity index (χ3v) is 6.48. The Kier molecular flexibility index (Phi) is 5.97. The number of halogens is 1. The Hall–Kier alpha value is -2.63. The van der Waals surface area contributed by atoms with Crippen LogP contribution in [0.4, 0.5) is 10.7 Å². The minimum atomic E-state index is -0.153. The molecule has 4 rings (SSSR count). The van der Waals surface area contributed by atoms with E-state index in [1.54, 1.807) is 36.8 Å². The topological polar surface area (TPSA) is 50.7 Å². The van der Waals surface area contributed by atoms with E-state index >= 15 is 0 Å². The average Bonchev–Trinajstić information content (AvgIpc) is 3.13. The van der Waals surface area contributed by atoms with Crippen LogP contribution in [0, 0.1) is 0 Å². The molecule has 0 saturated heterocycles. The summed E-state index contributed by atoms with van der Waals surface area (Å²) >= 11 is 7.84. The van der Waals surface area contributed by atoms with E-state index in [0.717, 1.165) is 47.6 Å². The first kappa shape index (κ1) is 19.7. The van der Waals surface area contributed by atoms with E-state index in [0.29, 0.717) is 16.3 Å². The van der Waals surface area contributed by atoms with Crippen LogP contribution in [0.25, 0.3) is 0 Å². The molecule has 6 heteroatoms. The number of hydrogen-bond donors (Lipinski definition) is 1. The van der Waals surface area contributed by atoms with Crippen molar-refractivity contribution in [2.24, 2.45) is 4.99 Å². The quantitative estimate of drug-likeness (QED) is 0.489. The fourth-order valence-electron chi connectivity index (χ4n) is 3.45. The summed E-state index contributed by atoms with van der Waals surface area (Å²) in [6, 6.07) is 14.9. The molecule has 0 fully saturated rings. The highest BCUT2D eigenvalue weighted by Crippen LogP contribution is 2.40. The van der Waals surface area contributed by atoms with E-state index in [1.165, 1.54) is 4.88 Å². The number of ether oxygens (including phenoxy) is 1. The molecule has 0 spiro atoms. The number of carbonyl (C=O) groups excluding carboxylic acids is 1. The van der Waals surface area contributed by atoms with E-state index in [2.05, 4.69) is 10.3 Å². The maximum atomic E-state index is 13.2. The van der Waals surface area contributed by atoms with Gasteiger partial charge in [0.25, 0.3) is 5.91 Å². The molecule has 1 aliphatic carbocycles. The van der Waals surface area contributed by atoms with Crippen LogP contribution in [0.2, 0.25) is 5.02 Å². The monoisotopic (exact) mass is 424 g/mol. The first-order chi connectivity index (χ1) is 14.2. The number of anilines is 1. The number of nitrogens with zero attached hydrogens (tertiary/aromatic N) is 1. The van der Waals surface area contributed by atoms with E-state index in [1.807, 2.05) is 36.4 Å². The number of thiophene rings is 1. The summed E-state index contributed by atoms with van der Waals surface area (Å²) in [4.78, 5) is 19.1. The van der Waals surface area contributed by atoms with Crippen molar-refractivity contribution >= 4 is 45.7 Å². The third kappa shape index (κ3) is 4.36. The Morgan fingerprint density at radius 1 is 1.14 bits per heavy atom. The molecule has 4 nitrogen and oxygen atoms in total. The van der Waals surface area contributed by atoms with Gasteiger partial charge in [0.15, 0.2) is 0 Å². The molecule has 1 aliphatic rings. The molecule has 0 saturated carbocycles. The number of para-hydroxylation sites is 1. The zero-order chi connectivity index (χ0) is 20.2. The zero-order valence-electron chi connectivity index (χ0n) is 16.1. The van der Waals surface area contributed by atoms with Gasteiger partial charge in [-0.25, -0.2) is 4.99 Å². The first-order valence-corrected chi connectivity index (χ1v) is 10.7. The van der Waals surface area contributed by atoms with Crippen LogP contribution in [0.5, 0.6) is 5.75 Å². The van der Waals surface area contributed by atoms with Crippen molar-refractivity contribution in [2.75, 3.05) is 12.4 Å². The van der Waals surface area contributed by atoms with E-state index < -0.39 is 0 Å². The predicted molar refractivity (Wildman–Crippen MR) is 121 cm³/mol. The molecule has 3 aromatic rings. The largest absolute Gasteiger partial charge is 0.497 e. The summed E-state index contributed by atoms with van der Waals surface area (Å²) in [5.74, 6) is 0.646.